The molecular formula is C10H16O5. The Morgan fingerprint density at radius 2 is 1.80 bits per heavy atom. The molecule has 0 aliphatic carbocycles. The molecule has 0 spiro atoms. The highest BCUT2D eigenvalue weighted by Gasteiger charge is 2.26. The predicted molar refractivity (Wildman–Crippen MR) is 52.6 cm³/mol. The van der Waals surface area contributed by atoms with Crippen molar-refractivity contribution in [3.8, 4) is 0 Å². The van der Waals surface area contributed by atoms with Gasteiger partial charge in [-0.3, -0.25) is 0 Å². The molecule has 0 bridgehead atoms. The van der Waals surface area contributed by atoms with Gasteiger partial charge in [-0.05, 0) is 26.3 Å². The summed E-state index contributed by atoms with van der Waals surface area (Å²) in [5, 5.41) is 8.39. The first kappa shape index (κ1) is 12.0. The molecule has 15 heavy (non-hydrogen) atoms. The Balaban J connectivity index is 2.42. The number of hydrogen-bond donors (Lipinski definition) is 1. The zero-order chi connectivity index (χ0) is 11.4. The van der Waals surface area contributed by atoms with Crippen molar-refractivity contribution in [1.29, 1.82) is 0 Å². The second-order valence-electron chi connectivity index (χ2n) is 3.69. The van der Waals surface area contributed by atoms with Crippen molar-refractivity contribution < 1.29 is 24.1 Å². The first-order valence-corrected chi connectivity index (χ1v) is 4.77. The molecule has 1 fully saturated rings. The summed E-state index contributed by atoms with van der Waals surface area (Å²) in [7, 11) is 0. The molecule has 1 saturated heterocycles. The highest BCUT2D eigenvalue weighted by molar-refractivity contribution is 5.57. The quantitative estimate of drug-likeness (QED) is 0.563. The lowest BCUT2D eigenvalue weighted by Crippen LogP contribution is -2.39. The fourth-order valence-corrected chi connectivity index (χ4v) is 1.18. The zero-order valence-electron chi connectivity index (χ0n) is 9.15. The molecule has 1 heterocycles. The van der Waals surface area contributed by atoms with Crippen LogP contribution in [-0.2, 0) is 14.2 Å². The van der Waals surface area contributed by atoms with Crippen molar-refractivity contribution in [3.63, 3.8) is 0 Å². The number of carbonyl (C=O) groups is 1. The summed E-state index contributed by atoms with van der Waals surface area (Å²) in [5.74, 6) is 0. The molecule has 0 aromatic rings. The lowest BCUT2D eigenvalue weighted by molar-refractivity contribution is -0.200. The molecule has 0 radical (unpaired) electrons. The van der Waals surface area contributed by atoms with Gasteiger partial charge in [0, 0.05) is 0 Å². The Hall–Kier alpha value is -1.07. The van der Waals surface area contributed by atoms with Crippen LogP contribution in [0.2, 0.25) is 0 Å². The lowest BCUT2D eigenvalue weighted by Gasteiger charge is -2.29. The van der Waals surface area contributed by atoms with Gasteiger partial charge in [-0.25, -0.2) is 4.79 Å². The van der Waals surface area contributed by atoms with Crippen molar-refractivity contribution in [2.75, 3.05) is 13.2 Å². The second kappa shape index (κ2) is 5.14. The van der Waals surface area contributed by atoms with E-state index in [2.05, 4.69) is 4.74 Å². The van der Waals surface area contributed by atoms with E-state index in [0.717, 1.165) is 11.1 Å². The Labute approximate surface area is 88.6 Å². The van der Waals surface area contributed by atoms with E-state index in [0.29, 0.717) is 0 Å². The van der Waals surface area contributed by atoms with Crippen molar-refractivity contribution in [1.82, 2.24) is 0 Å². The number of hydrogen-bond acceptors (Lipinski definition) is 4. The van der Waals surface area contributed by atoms with Crippen molar-refractivity contribution in [2.24, 2.45) is 0 Å². The molecule has 5 heteroatoms. The third-order valence-corrected chi connectivity index (χ3v) is 2.28. The van der Waals surface area contributed by atoms with Gasteiger partial charge >= 0.3 is 6.16 Å². The molecule has 86 valence electrons. The minimum Gasteiger partial charge on any atom is -0.450 e. The molecule has 1 N–H and O–H groups in total. The van der Waals surface area contributed by atoms with Crippen molar-refractivity contribution in [3.05, 3.63) is 11.1 Å². The van der Waals surface area contributed by atoms with Gasteiger partial charge in [-0.2, -0.15) is 0 Å². The van der Waals surface area contributed by atoms with Crippen LogP contribution in [0, 0.1) is 0 Å². The van der Waals surface area contributed by atoms with E-state index in [9.17, 15) is 4.79 Å². The molecule has 1 rings (SSSR count). The van der Waals surface area contributed by atoms with Gasteiger partial charge in [0.15, 0.2) is 12.4 Å². The number of carboxylic acid groups (broad SMARTS) is 1. The summed E-state index contributed by atoms with van der Waals surface area (Å²) < 4.78 is 15.2. The average Bonchev–Trinajstić information content (AvgIpc) is 2.17. The normalized spacial score (nSPS) is 25.8. The summed E-state index contributed by atoms with van der Waals surface area (Å²) in [6.07, 6.45) is -2.20. The van der Waals surface area contributed by atoms with Crippen LogP contribution in [0.1, 0.15) is 20.8 Å². The molecule has 5 nitrogen and oxygen atoms in total. The van der Waals surface area contributed by atoms with Gasteiger partial charge in [-0.15, -0.1) is 0 Å². The number of allylic oxidation sites excluding steroid dienone is 1. The first-order valence-electron chi connectivity index (χ1n) is 4.77. The van der Waals surface area contributed by atoms with E-state index in [-0.39, 0.29) is 19.5 Å². The number of ether oxygens (including phenoxy) is 3. The van der Waals surface area contributed by atoms with Gasteiger partial charge in [-0.1, -0.05) is 5.57 Å². The molecule has 0 saturated carbocycles. The second-order valence-corrected chi connectivity index (χ2v) is 3.69. The van der Waals surface area contributed by atoms with Crippen LogP contribution in [-0.4, -0.2) is 36.9 Å². The first-order chi connectivity index (χ1) is 7.00. The Bertz CT molecular complexity index is 259. The summed E-state index contributed by atoms with van der Waals surface area (Å²) in [5.41, 5.74) is 2.15. The SMILES string of the molecule is CC(C)=C(C)C1OCC(OC(=O)O)CO1. The third kappa shape index (κ3) is 3.53. The van der Waals surface area contributed by atoms with Crippen molar-refractivity contribution >= 4 is 6.16 Å². The van der Waals surface area contributed by atoms with Crippen molar-refractivity contribution in [2.45, 2.75) is 33.2 Å². The van der Waals surface area contributed by atoms with Gasteiger partial charge < -0.3 is 19.3 Å². The predicted octanol–water partition coefficient (Wildman–Crippen LogP) is 1.78. The van der Waals surface area contributed by atoms with Crippen LogP contribution in [0.4, 0.5) is 4.79 Å². The summed E-state index contributed by atoms with van der Waals surface area (Å²) in [4.78, 5) is 10.2. The summed E-state index contributed by atoms with van der Waals surface area (Å²) in [6, 6.07) is 0. The van der Waals surface area contributed by atoms with Crippen LogP contribution < -0.4 is 0 Å². The highest BCUT2D eigenvalue weighted by Crippen LogP contribution is 2.18. The molecule has 0 atom stereocenters. The topological polar surface area (TPSA) is 65.0 Å². The standard InChI is InChI=1S/C10H16O5/c1-6(2)7(3)9-13-4-8(5-14-9)15-10(11)12/h8-9H,4-5H2,1-3H3,(H,11,12). The fourth-order valence-electron chi connectivity index (χ4n) is 1.18. The monoisotopic (exact) mass is 216 g/mol. The van der Waals surface area contributed by atoms with Crippen LogP contribution in [0.15, 0.2) is 11.1 Å². The van der Waals surface area contributed by atoms with E-state index >= 15 is 0 Å². The maximum atomic E-state index is 10.2. The molecule has 0 aromatic carbocycles. The lowest BCUT2D eigenvalue weighted by atomic mass is 10.1. The zero-order valence-corrected chi connectivity index (χ0v) is 9.15. The van der Waals surface area contributed by atoms with E-state index in [1.165, 1.54) is 0 Å². The fraction of sp³-hybridized carbons (Fsp3) is 0.700. The molecule has 0 amide bonds. The van der Waals surface area contributed by atoms with Crippen LogP contribution >= 0.6 is 0 Å². The van der Waals surface area contributed by atoms with E-state index in [4.69, 9.17) is 14.6 Å². The van der Waals surface area contributed by atoms with Gasteiger partial charge in [0.05, 0.1) is 13.2 Å². The van der Waals surface area contributed by atoms with Crippen LogP contribution in [0.25, 0.3) is 0 Å². The minimum absolute atomic E-state index is 0.238. The van der Waals surface area contributed by atoms with Gasteiger partial charge in [0.2, 0.25) is 0 Å². The average molecular weight is 216 g/mol. The summed E-state index contributed by atoms with van der Waals surface area (Å²) >= 11 is 0. The van der Waals surface area contributed by atoms with Gasteiger partial charge in [0.25, 0.3) is 0 Å². The van der Waals surface area contributed by atoms with E-state index in [1.54, 1.807) is 0 Å². The number of rotatable bonds is 2. The molecule has 1 aliphatic heterocycles. The molecular weight excluding hydrogens is 200 g/mol. The van der Waals surface area contributed by atoms with Gasteiger partial charge in [0.1, 0.15) is 0 Å². The molecule has 0 aromatic heterocycles. The van der Waals surface area contributed by atoms with Crippen LogP contribution in [0.3, 0.4) is 0 Å². The molecule has 0 unspecified atom stereocenters. The summed E-state index contributed by atoms with van der Waals surface area (Å²) in [6.45, 7) is 6.35. The Kier molecular flexibility index (Phi) is 4.11. The molecule has 1 aliphatic rings. The van der Waals surface area contributed by atoms with Crippen LogP contribution in [0.5, 0.6) is 0 Å². The minimum atomic E-state index is -1.30. The maximum Gasteiger partial charge on any atom is 0.506 e. The van der Waals surface area contributed by atoms with E-state index < -0.39 is 12.3 Å². The Morgan fingerprint density at radius 1 is 1.27 bits per heavy atom. The smallest absolute Gasteiger partial charge is 0.450 e. The largest absolute Gasteiger partial charge is 0.506 e. The Morgan fingerprint density at radius 3 is 2.20 bits per heavy atom. The maximum absolute atomic E-state index is 10.2. The highest BCUT2D eigenvalue weighted by atomic mass is 16.7. The third-order valence-electron chi connectivity index (χ3n) is 2.28. The van der Waals surface area contributed by atoms with E-state index in [1.807, 2.05) is 20.8 Å².